The molecule has 0 saturated carbocycles. The molecule has 0 radical (unpaired) electrons. The molecule has 1 aliphatic heterocycles. The molecule has 4 aromatic rings. The Morgan fingerprint density at radius 3 is 2.76 bits per heavy atom. The maximum absolute atomic E-state index is 13.0. The van der Waals surface area contributed by atoms with Crippen molar-refractivity contribution in [2.75, 3.05) is 11.9 Å². The SMILES string of the molecule is CCn1c(=O)c2cnc(Nc3ccc4c(c3)CNCC4)nc2n1-c1nc(C(C)(C)C)cs1.Cl. The fourth-order valence-corrected chi connectivity index (χ4v) is 5.02. The average Bonchev–Trinajstić information content (AvgIpc) is 3.36. The number of anilines is 2. The lowest BCUT2D eigenvalue weighted by Gasteiger charge is -2.18. The van der Waals surface area contributed by atoms with E-state index in [1.807, 2.05) is 17.0 Å². The summed E-state index contributed by atoms with van der Waals surface area (Å²) in [6.07, 6.45) is 2.65. The van der Waals surface area contributed by atoms with Crippen LogP contribution in [0.2, 0.25) is 0 Å². The number of hydrogen-bond acceptors (Lipinski definition) is 7. The molecule has 0 amide bonds. The van der Waals surface area contributed by atoms with Gasteiger partial charge < -0.3 is 10.6 Å². The molecule has 33 heavy (non-hydrogen) atoms. The maximum Gasteiger partial charge on any atom is 0.278 e. The standard InChI is InChI=1S/C23H27N7OS.ClH/c1-5-29-20(31)17-12-25-21(26-16-7-6-14-8-9-24-11-15(14)10-16)28-19(17)30(29)22-27-18(13-32-22)23(2,3)4;/h6-7,10,12-13,24H,5,8-9,11H2,1-4H3,(H,25,26,28);1H. The molecule has 2 N–H and O–H groups in total. The van der Waals surface area contributed by atoms with E-state index in [1.165, 1.54) is 22.5 Å². The van der Waals surface area contributed by atoms with Crippen molar-refractivity contribution in [3.05, 3.63) is 57.0 Å². The fraction of sp³-hybridized carbons (Fsp3) is 0.391. The summed E-state index contributed by atoms with van der Waals surface area (Å²) in [4.78, 5) is 27.0. The van der Waals surface area contributed by atoms with E-state index in [0.29, 0.717) is 23.5 Å². The Morgan fingerprint density at radius 2 is 2.03 bits per heavy atom. The van der Waals surface area contributed by atoms with Crippen molar-refractivity contribution in [2.24, 2.45) is 0 Å². The Balaban J connectivity index is 0.00000259. The highest BCUT2D eigenvalue weighted by Gasteiger charge is 2.22. The molecule has 0 bridgehead atoms. The van der Waals surface area contributed by atoms with Crippen LogP contribution in [0.3, 0.4) is 0 Å². The molecule has 0 aliphatic carbocycles. The van der Waals surface area contributed by atoms with Crippen LogP contribution in [0.25, 0.3) is 16.2 Å². The predicted octanol–water partition coefficient (Wildman–Crippen LogP) is 4.17. The lowest BCUT2D eigenvalue weighted by Crippen LogP contribution is -2.23. The van der Waals surface area contributed by atoms with Crippen LogP contribution in [0, 0.1) is 0 Å². The lowest BCUT2D eigenvalue weighted by molar-refractivity contribution is 0.554. The van der Waals surface area contributed by atoms with Crippen molar-refractivity contribution in [2.45, 2.75) is 52.6 Å². The first-order valence-electron chi connectivity index (χ1n) is 10.9. The minimum atomic E-state index is -0.110. The summed E-state index contributed by atoms with van der Waals surface area (Å²) in [5.41, 5.74) is 4.96. The van der Waals surface area contributed by atoms with Crippen LogP contribution in [-0.4, -0.2) is 30.9 Å². The highest BCUT2D eigenvalue weighted by Crippen LogP contribution is 2.28. The third-order valence-corrected chi connectivity index (χ3v) is 6.58. The van der Waals surface area contributed by atoms with E-state index >= 15 is 0 Å². The zero-order valence-corrected chi connectivity index (χ0v) is 20.8. The molecular weight excluding hydrogens is 458 g/mol. The van der Waals surface area contributed by atoms with Crippen LogP contribution in [0.15, 0.2) is 34.6 Å². The molecule has 0 fully saturated rings. The van der Waals surface area contributed by atoms with Gasteiger partial charge in [0.1, 0.15) is 5.39 Å². The Hall–Kier alpha value is -2.75. The summed E-state index contributed by atoms with van der Waals surface area (Å²) in [5.74, 6) is 0.454. The van der Waals surface area contributed by atoms with E-state index in [4.69, 9.17) is 9.97 Å². The van der Waals surface area contributed by atoms with Gasteiger partial charge in [0.05, 0.1) is 5.69 Å². The van der Waals surface area contributed by atoms with Gasteiger partial charge in [0, 0.05) is 35.8 Å². The van der Waals surface area contributed by atoms with Crippen LogP contribution in [0.1, 0.15) is 44.5 Å². The molecule has 10 heteroatoms. The number of hydrogen-bond donors (Lipinski definition) is 2. The summed E-state index contributed by atoms with van der Waals surface area (Å²) in [7, 11) is 0. The zero-order valence-electron chi connectivity index (χ0n) is 19.2. The molecule has 0 atom stereocenters. The second kappa shape index (κ2) is 8.89. The molecule has 8 nitrogen and oxygen atoms in total. The first-order valence-corrected chi connectivity index (χ1v) is 11.8. The summed E-state index contributed by atoms with van der Waals surface area (Å²) in [6.45, 7) is 10.7. The third kappa shape index (κ3) is 4.28. The Morgan fingerprint density at radius 1 is 1.21 bits per heavy atom. The van der Waals surface area contributed by atoms with Gasteiger partial charge in [0.25, 0.3) is 5.56 Å². The highest BCUT2D eigenvalue weighted by molar-refractivity contribution is 7.12. The van der Waals surface area contributed by atoms with Crippen LogP contribution in [-0.2, 0) is 24.9 Å². The highest BCUT2D eigenvalue weighted by atomic mass is 35.5. The van der Waals surface area contributed by atoms with Crippen molar-refractivity contribution < 1.29 is 0 Å². The molecule has 0 spiro atoms. The first-order chi connectivity index (χ1) is 15.3. The molecule has 3 aromatic heterocycles. The number of fused-ring (bicyclic) bond motifs is 2. The smallest absolute Gasteiger partial charge is 0.278 e. The third-order valence-electron chi connectivity index (χ3n) is 5.77. The summed E-state index contributed by atoms with van der Waals surface area (Å²) in [6, 6.07) is 6.35. The van der Waals surface area contributed by atoms with Crippen LogP contribution in [0.5, 0.6) is 0 Å². The van der Waals surface area contributed by atoms with Gasteiger partial charge in [-0.1, -0.05) is 26.8 Å². The van der Waals surface area contributed by atoms with E-state index in [9.17, 15) is 4.79 Å². The zero-order chi connectivity index (χ0) is 22.5. The molecule has 5 rings (SSSR count). The minimum absolute atomic E-state index is 0. The molecule has 4 heterocycles. The molecule has 174 valence electrons. The van der Waals surface area contributed by atoms with E-state index in [1.54, 1.807) is 10.9 Å². The molecule has 0 unspecified atom stereocenters. The lowest BCUT2D eigenvalue weighted by atomic mass is 9.93. The number of nitrogens with zero attached hydrogens (tertiary/aromatic N) is 5. The van der Waals surface area contributed by atoms with E-state index < -0.39 is 0 Å². The van der Waals surface area contributed by atoms with Gasteiger partial charge in [-0.3, -0.25) is 4.79 Å². The van der Waals surface area contributed by atoms with Crippen molar-refractivity contribution in [3.8, 4) is 5.13 Å². The molecule has 0 saturated heterocycles. The largest absolute Gasteiger partial charge is 0.324 e. The molecule has 1 aliphatic rings. The Labute approximate surface area is 202 Å². The van der Waals surface area contributed by atoms with Crippen molar-refractivity contribution in [1.29, 1.82) is 0 Å². The predicted molar refractivity (Wildman–Crippen MR) is 136 cm³/mol. The average molecular weight is 486 g/mol. The van der Waals surface area contributed by atoms with Gasteiger partial charge in [-0.2, -0.15) is 4.98 Å². The first kappa shape index (κ1) is 23.4. The van der Waals surface area contributed by atoms with E-state index in [2.05, 4.69) is 54.6 Å². The second-order valence-corrected chi connectivity index (χ2v) is 9.90. The minimum Gasteiger partial charge on any atom is -0.324 e. The van der Waals surface area contributed by atoms with Gasteiger partial charge in [0.2, 0.25) is 11.1 Å². The van der Waals surface area contributed by atoms with Gasteiger partial charge in [-0.15, -0.1) is 23.7 Å². The van der Waals surface area contributed by atoms with Crippen molar-refractivity contribution in [3.63, 3.8) is 0 Å². The second-order valence-electron chi connectivity index (χ2n) is 9.06. The quantitative estimate of drug-likeness (QED) is 0.451. The number of thiazole rings is 1. The van der Waals surface area contributed by atoms with E-state index in [-0.39, 0.29) is 23.4 Å². The number of rotatable bonds is 4. The van der Waals surface area contributed by atoms with E-state index in [0.717, 1.165) is 36.0 Å². The monoisotopic (exact) mass is 485 g/mol. The van der Waals surface area contributed by atoms with Gasteiger partial charge in [-0.25, -0.2) is 19.3 Å². The number of aromatic nitrogens is 5. The van der Waals surface area contributed by atoms with Gasteiger partial charge in [0.15, 0.2) is 5.65 Å². The Kier molecular flexibility index (Phi) is 6.30. The number of benzene rings is 1. The molecular formula is C23H28ClN7OS. The van der Waals surface area contributed by atoms with Crippen LogP contribution >= 0.6 is 23.7 Å². The summed E-state index contributed by atoms with van der Waals surface area (Å²) < 4.78 is 3.49. The van der Waals surface area contributed by atoms with Gasteiger partial charge >= 0.3 is 0 Å². The summed E-state index contributed by atoms with van der Waals surface area (Å²) >= 11 is 1.52. The number of halogens is 1. The van der Waals surface area contributed by atoms with Crippen LogP contribution in [0.4, 0.5) is 11.6 Å². The fourth-order valence-electron chi connectivity index (χ4n) is 3.96. The van der Waals surface area contributed by atoms with Gasteiger partial charge in [-0.05, 0) is 43.1 Å². The van der Waals surface area contributed by atoms with Crippen molar-refractivity contribution in [1.82, 2.24) is 29.6 Å². The summed E-state index contributed by atoms with van der Waals surface area (Å²) in [5, 5.41) is 9.98. The normalized spacial score (nSPS) is 13.6. The number of nitrogens with one attached hydrogen (secondary N) is 2. The Bertz CT molecular complexity index is 1370. The van der Waals surface area contributed by atoms with Crippen molar-refractivity contribution >= 4 is 46.4 Å². The molecule has 1 aromatic carbocycles. The topological polar surface area (TPSA) is 89.7 Å². The van der Waals surface area contributed by atoms with Crippen LogP contribution < -0.4 is 16.2 Å². The maximum atomic E-state index is 13.0.